The molecule has 2 aromatic rings. The maximum Gasteiger partial charge on any atom is 0.197 e. The van der Waals surface area contributed by atoms with Gasteiger partial charge in [0.05, 0.1) is 19.8 Å². The maximum absolute atomic E-state index is 12.8. The highest BCUT2D eigenvalue weighted by molar-refractivity contribution is 9.11. The highest BCUT2D eigenvalue weighted by Gasteiger charge is 2.21. The molecule has 0 fully saturated rings. The van der Waals surface area contributed by atoms with Crippen LogP contribution < -0.4 is 9.47 Å². The van der Waals surface area contributed by atoms with Gasteiger partial charge in [-0.3, -0.25) is 4.79 Å². The van der Waals surface area contributed by atoms with Crippen LogP contribution in [0.25, 0.3) is 0 Å². The zero-order valence-electron chi connectivity index (χ0n) is 11.2. The van der Waals surface area contributed by atoms with Crippen LogP contribution >= 0.6 is 47.8 Å². The third-order valence-corrected chi connectivity index (χ3v) is 4.84. The second-order valence-electron chi connectivity index (χ2n) is 4.12. The summed E-state index contributed by atoms with van der Waals surface area (Å²) in [5.74, 6) is 0.923. The van der Waals surface area contributed by atoms with E-state index in [0.29, 0.717) is 27.1 Å². The van der Waals surface area contributed by atoms with Crippen molar-refractivity contribution in [2.75, 3.05) is 14.2 Å². The van der Waals surface area contributed by atoms with E-state index in [4.69, 9.17) is 9.47 Å². The lowest BCUT2D eigenvalue weighted by Gasteiger charge is -2.13. The normalized spacial score (nSPS) is 10.3. The number of hydrogen-bond donors (Lipinski definition) is 0. The third kappa shape index (κ3) is 3.33. The summed E-state index contributed by atoms with van der Waals surface area (Å²) in [5.41, 5.74) is 1.02. The molecule has 0 N–H and O–H groups in total. The standard InChI is InChI=1S/C15H11Br3O3/c1-20-12-6-4-9(15(21-2)13(12)18)14(19)10-7-8(16)3-5-11(10)17/h3-7H,1-2H3. The highest BCUT2D eigenvalue weighted by Crippen LogP contribution is 2.38. The van der Waals surface area contributed by atoms with E-state index in [0.717, 1.165) is 8.95 Å². The Morgan fingerprint density at radius 3 is 2.29 bits per heavy atom. The fourth-order valence-corrected chi connectivity index (χ4v) is 3.35. The van der Waals surface area contributed by atoms with Gasteiger partial charge in [-0.1, -0.05) is 31.9 Å². The van der Waals surface area contributed by atoms with E-state index in [2.05, 4.69) is 47.8 Å². The number of benzene rings is 2. The lowest BCUT2D eigenvalue weighted by atomic mass is 10.0. The molecule has 0 aliphatic heterocycles. The molecule has 0 radical (unpaired) electrons. The highest BCUT2D eigenvalue weighted by atomic mass is 79.9. The Hall–Kier alpha value is -0.850. The maximum atomic E-state index is 12.8. The number of ketones is 1. The number of halogens is 3. The molecule has 110 valence electrons. The lowest BCUT2D eigenvalue weighted by molar-refractivity contribution is 0.103. The van der Waals surface area contributed by atoms with Gasteiger partial charge in [0, 0.05) is 14.5 Å². The quantitative estimate of drug-likeness (QED) is 0.565. The van der Waals surface area contributed by atoms with Crippen molar-refractivity contribution in [1.82, 2.24) is 0 Å². The van der Waals surface area contributed by atoms with Gasteiger partial charge in [0.1, 0.15) is 16.0 Å². The molecule has 2 aromatic carbocycles. The van der Waals surface area contributed by atoms with E-state index in [9.17, 15) is 4.79 Å². The number of methoxy groups -OCH3 is 2. The Bertz CT molecular complexity index is 699. The molecule has 0 saturated carbocycles. The van der Waals surface area contributed by atoms with Crippen molar-refractivity contribution in [2.45, 2.75) is 0 Å². The minimum Gasteiger partial charge on any atom is -0.495 e. The Morgan fingerprint density at radius 2 is 1.67 bits per heavy atom. The Kier molecular flexibility index (Phi) is 5.46. The second-order valence-corrected chi connectivity index (χ2v) is 6.68. The monoisotopic (exact) mass is 476 g/mol. The summed E-state index contributed by atoms with van der Waals surface area (Å²) in [7, 11) is 3.08. The van der Waals surface area contributed by atoms with E-state index in [-0.39, 0.29) is 5.78 Å². The van der Waals surface area contributed by atoms with Crippen LogP contribution in [0.15, 0.2) is 43.7 Å². The SMILES string of the molecule is COc1ccc(C(=O)c2cc(Br)ccc2Br)c(OC)c1Br. The minimum absolute atomic E-state index is 0.136. The van der Waals surface area contributed by atoms with Crippen LogP contribution in [0, 0.1) is 0 Å². The largest absolute Gasteiger partial charge is 0.495 e. The van der Waals surface area contributed by atoms with E-state index >= 15 is 0 Å². The van der Waals surface area contributed by atoms with E-state index in [1.165, 1.54) is 7.11 Å². The van der Waals surface area contributed by atoms with Gasteiger partial charge in [-0.05, 0) is 46.3 Å². The second kappa shape index (κ2) is 6.94. The molecule has 21 heavy (non-hydrogen) atoms. The molecule has 0 spiro atoms. The van der Waals surface area contributed by atoms with Gasteiger partial charge in [0.25, 0.3) is 0 Å². The van der Waals surface area contributed by atoms with Crippen molar-refractivity contribution in [2.24, 2.45) is 0 Å². The summed E-state index contributed by atoms with van der Waals surface area (Å²) in [6, 6.07) is 8.87. The smallest absolute Gasteiger partial charge is 0.197 e. The van der Waals surface area contributed by atoms with Gasteiger partial charge in [-0.25, -0.2) is 0 Å². The fraction of sp³-hybridized carbons (Fsp3) is 0.133. The van der Waals surface area contributed by atoms with Crippen molar-refractivity contribution in [3.05, 3.63) is 54.9 Å². The first-order valence-electron chi connectivity index (χ1n) is 5.89. The molecule has 3 nitrogen and oxygen atoms in total. The first kappa shape index (κ1) is 16.5. The summed E-state index contributed by atoms with van der Waals surface area (Å²) in [6.45, 7) is 0. The molecule has 6 heteroatoms. The van der Waals surface area contributed by atoms with Crippen LogP contribution in [0.2, 0.25) is 0 Å². The van der Waals surface area contributed by atoms with Crippen LogP contribution in [0.4, 0.5) is 0 Å². The summed E-state index contributed by atoms with van der Waals surface area (Å²) in [5, 5.41) is 0. The summed E-state index contributed by atoms with van der Waals surface area (Å²) >= 11 is 10.2. The van der Waals surface area contributed by atoms with Crippen LogP contribution in [-0.2, 0) is 0 Å². The molecule has 0 unspecified atom stereocenters. The van der Waals surface area contributed by atoms with Crippen LogP contribution in [-0.4, -0.2) is 20.0 Å². The van der Waals surface area contributed by atoms with Crippen molar-refractivity contribution in [3.8, 4) is 11.5 Å². The number of carbonyl (C=O) groups excluding carboxylic acids is 1. The zero-order chi connectivity index (χ0) is 15.6. The zero-order valence-corrected chi connectivity index (χ0v) is 16.0. The predicted octanol–water partition coefficient (Wildman–Crippen LogP) is 5.22. The van der Waals surface area contributed by atoms with E-state index in [1.54, 1.807) is 25.3 Å². The molecule has 0 saturated heterocycles. The first-order chi connectivity index (χ1) is 9.99. The van der Waals surface area contributed by atoms with Crippen molar-refractivity contribution >= 4 is 53.6 Å². The predicted molar refractivity (Wildman–Crippen MR) is 92.5 cm³/mol. The molecular weight excluding hydrogens is 468 g/mol. The Labute approximate surface area is 148 Å². The molecule has 0 amide bonds. The van der Waals surface area contributed by atoms with Crippen molar-refractivity contribution < 1.29 is 14.3 Å². The molecule has 0 aliphatic carbocycles. The average molecular weight is 479 g/mol. The van der Waals surface area contributed by atoms with Crippen molar-refractivity contribution in [1.29, 1.82) is 0 Å². The average Bonchev–Trinajstić information content (AvgIpc) is 2.48. The van der Waals surface area contributed by atoms with Gasteiger partial charge >= 0.3 is 0 Å². The molecule has 0 heterocycles. The fourth-order valence-electron chi connectivity index (χ4n) is 1.89. The molecule has 0 aromatic heterocycles. The summed E-state index contributed by atoms with van der Waals surface area (Å²) < 4.78 is 12.7. The van der Waals surface area contributed by atoms with Crippen LogP contribution in [0.5, 0.6) is 11.5 Å². The molecule has 0 atom stereocenters. The summed E-state index contributed by atoms with van der Waals surface area (Å²) in [4.78, 5) is 12.8. The van der Waals surface area contributed by atoms with Crippen molar-refractivity contribution in [3.63, 3.8) is 0 Å². The molecular formula is C15H11Br3O3. The molecule has 0 aliphatic rings. The van der Waals surface area contributed by atoms with Gasteiger partial charge in [0.2, 0.25) is 0 Å². The van der Waals surface area contributed by atoms with Gasteiger partial charge < -0.3 is 9.47 Å². The number of ether oxygens (including phenoxy) is 2. The summed E-state index contributed by atoms with van der Waals surface area (Å²) in [6.07, 6.45) is 0. The number of carbonyl (C=O) groups is 1. The van der Waals surface area contributed by atoms with E-state index in [1.807, 2.05) is 12.1 Å². The van der Waals surface area contributed by atoms with Gasteiger partial charge in [0.15, 0.2) is 5.78 Å². The van der Waals surface area contributed by atoms with Gasteiger partial charge in [-0.15, -0.1) is 0 Å². The van der Waals surface area contributed by atoms with E-state index < -0.39 is 0 Å². The van der Waals surface area contributed by atoms with Crippen LogP contribution in [0.3, 0.4) is 0 Å². The first-order valence-corrected chi connectivity index (χ1v) is 8.27. The van der Waals surface area contributed by atoms with Crippen LogP contribution in [0.1, 0.15) is 15.9 Å². The molecule has 0 bridgehead atoms. The Balaban J connectivity index is 2.58. The number of rotatable bonds is 4. The lowest BCUT2D eigenvalue weighted by Crippen LogP contribution is -2.06. The topological polar surface area (TPSA) is 35.5 Å². The van der Waals surface area contributed by atoms with Gasteiger partial charge in [-0.2, -0.15) is 0 Å². The number of hydrogen-bond acceptors (Lipinski definition) is 3. The molecule has 2 rings (SSSR count). The Morgan fingerprint density at radius 1 is 0.952 bits per heavy atom. The minimum atomic E-state index is -0.136. The third-order valence-electron chi connectivity index (χ3n) is 2.90.